The molecule has 120 valence electrons. The van der Waals surface area contributed by atoms with Crippen LogP contribution in [0.25, 0.3) is 0 Å². The van der Waals surface area contributed by atoms with Crippen molar-refractivity contribution in [2.75, 3.05) is 35.2 Å². The predicted octanol–water partition coefficient (Wildman–Crippen LogP) is 1.05. The van der Waals surface area contributed by atoms with E-state index in [2.05, 4.69) is 15.5 Å². The molecule has 1 aliphatic heterocycles. The Kier molecular flexibility index (Phi) is 5.50. The first kappa shape index (κ1) is 16.6. The molecular weight excluding hydrogens is 312 g/mol. The number of nitrogens with one attached hydrogen (secondary N) is 1. The minimum Gasteiger partial charge on any atom is -0.406 e. The summed E-state index contributed by atoms with van der Waals surface area (Å²) in [5.74, 6) is 1.99. The van der Waals surface area contributed by atoms with Crippen LogP contribution in [0.3, 0.4) is 0 Å². The van der Waals surface area contributed by atoms with Crippen LogP contribution in [0.5, 0.6) is 0 Å². The zero-order valence-electron chi connectivity index (χ0n) is 12.6. The Bertz CT molecular complexity index is 561. The van der Waals surface area contributed by atoms with E-state index in [0.717, 1.165) is 12.3 Å². The van der Waals surface area contributed by atoms with Crippen LogP contribution in [0.1, 0.15) is 32.7 Å². The topological polar surface area (TPSA) is 88.3 Å². The van der Waals surface area contributed by atoms with Gasteiger partial charge in [0.05, 0.1) is 6.04 Å². The molecule has 1 aromatic rings. The third-order valence-electron chi connectivity index (χ3n) is 3.46. The fourth-order valence-electron chi connectivity index (χ4n) is 2.20. The van der Waals surface area contributed by atoms with Crippen LogP contribution in [0, 0.1) is 0 Å². The Balaban J connectivity index is 2.22. The Hall–Kier alpha value is -0.800. The number of hydrogen-bond donors (Lipinski definition) is 1. The number of aromatic nitrogens is 2. The lowest BCUT2D eigenvalue weighted by atomic mass is 10.3. The van der Waals surface area contributed by atoms with Crippen molar-refractivity contribution in [3.8, 4) is 0 Å². The summed E-state index contributed by atoms with van der Waals surface area (Å²) in [6.45, 7) is 7.00. The second-order valence-electron chi connectivity index (χ2n) is 4.88. The standard InChI is InChI=1S/C12H22N4O3S2/c1-4-13-9(3)11-14-15-12(19-11)16-6-7-20-8-10(16)21(17,18)5-2/h9-10,13H,4-8H2,1-3H3. The first-order valence-electron chi connectivity index (χ1n) is 7.12. The molecule has 1 fully saturated rings. The van der Waals surface area contributed by atoms with E-state index in [-0.39, 0.29) is 11.8 Å². The van der Waals surface area contributed by atoms with Gasteiger partial charge in [-0.15, -0.1) is 5.10 Å². The summed E-state index contributed by atoms with van der Waals surface area (Å²) in [7, 11) is -3.18. The van der Waals surface area contributed by atoms with Crippen LogP contribution >= 0.6 is 11.8 Å². The van der Waals surface area contributed by atoms with Crippen molar-refractivity contribution in [3.63, 3.8) is 0 Å². The summed E-state index contributed by atoms with van der Waals surface area (Å²) in [6, 6.07) is 0.258. The summed E-state index contributed by atoms with van der Waals surface area (Å²) in [6.07, 6.45) is 0. The highest BCUT2D eigenvalue weighted by Crippen LogP contribution is 2.27. The van der Waals surface area contributed by atoms with Gasteiger partial charge in [0.2, 0.25) is 5.89 Å². The van der Waals surface area contributed by atoms with Crippen molar-refractivity contribution in [1.29, 1.82) is 0 Å². The normalized spacial score (nSPS) is 21.5. The van der Waals surface area contributed by atoms with Crippen molar-refractivity contribution in [2.45, 2.75) is 32.2 Å². The second kappa shape index (κ2) is 6.97. The molecule has 1 aliphatic rings. The molecule has 2 heterocycles. The van der Waals surface area contributed by atoms with E-state index < -0.39 is 15.2 Å². The van der Waals surface area contributed by atoms with E-state index in [9.17, 15) is 8.42 Å². The fourth-order valence-corrected chi connectivity index (χ4v) is 5.16. The Morgan fingerprint density at radius 2 is 2.24 bits per heavy atom. The van der Waals surface area contributed by atoms with Crippen molar-refractivity contribution >= 4 is 27.6 Å². The summed E-state index contributed by atoms with van der Waals surface area (Å²) < 4.78 is 30.1. The Morgan fingerprint density at radius 1 is 1.48 bits per heavy atom. The molecule has 0 amide bonds. The van der Waals surface area contributed by atoms with Gasteiger partial charge in [0, 0.05) is 23.8 Å². The lowest BCUT2D eigenvalue weighted by Gasteiger charge is -2.33. The number of sulfone groups is 1. The van der Waals surface area contributed by atoms with Crippen LogP contribution in [0.4, 0.5) is 6.01 Å². The van der Waals surface area contributed by atoms with E-state index in [1.807, 2.05) is 13.8 Å². The van der Waals surface area contributed by atoms with Gasteiger partial charge in [-0.1, -0.05) is 18.9 Å². The first-order valence-corrected chi connectivity index (χ1v) is 9.99. The van der Waals surface area contributed by atoms with Crippen molar-refractivity contribution in [2.24, 2.45) is 0 Å². The average molecular weight is 334 g/mol. The molecule has 2 rings (SSSR count). The molecule has 7 nitrogen and oxygen atoms in total. The monoisotopic (exact) mass is 334 g/mol. The molecule has 0 aliphatic carbocycles. The molecule has 0 bridgehead atoms. The summed E-state index contributed by atoms with van der Waals surface area (Å²) in [5.41, 5.74) is 0. The number of hydrogen-bond acceptors (Lipinski definition) is 8. The minimum atomic E-state index is -3.18. The zero-order valence-corrected chi connectivity index (χ0v) is 14.2. The molecule has 0 spiro atoms. The van der Waals surface area contributed by atoms with E-state index in [1.165, 1.54) is 0 Å². The van der Waals surface area contributed by atoms with Crippen LogP contribution in [-0.2, 0) is 9.84 Å². The maximum Gasteiger partial charge on any atom is 0.319 e. The third kappa shape index (κ3) is 3.70. The molecule has 1 saturated heterocycles. The second-order valence-corrected chi connectivity index (χ2v) is 8.47. The molecule has 1 N–H and O–H groups in total. The van der Waals surface area contributed by atoms with Gasteiger partial charge in [0.15, 0.2) is 9.84 Å². The van der Waals surface area contributed by atoms with Crippen molar-refractivity contribution in [3.05, 3.63) is 5.89 Å². The highest BCUT2D eigenvalue weighted by atomic mass is 32.2. The summed E-state index contributed by atoms with van der Waals surface area (Å²) in [5, 5.41) is 10.7. The van der Waals surface area contributed by atoms with Gasteiger partial charge in [-0.05, 0) is 13.5 Å². The van der Waals surface area contributed by atoms with Crippen LogP contribution in [0.2, 0.25) is 0 Å². The van der Waals surface area contributed by atoms with Gasteiger partial charge in [-0.3, -0.25) is 0 Å². The van der Waals surface area contributed by atoms with E-state index >= 15 is 0 Å². The van der Waals surface area contributed by atoms with Crippen LogP contribution in [0.15, 0.2) is 4.42 Å². The van der Waals surface area contributed by atoms with Gasteiger partial charge in [-0.25, -0.2) is 8.42 Å². The van der Waals surface area contributed by atoms with E-state index in [0.29, 0.717) is 24.2 Å². The number of anilines is 1. The first-order chi connectivity index (χ1) is 9.99. The molecule has 2 unspecified atom stereocenters. The average Bonchev–Trinajstić information content (AvgIpc) is 2.97. The van der Waals surface area contributed by atoms with Gasteiger partial charge < -0.3 is 14.6 Å². The SMILES string of the molecule is CCNC(C)c1nnc(N2CCSCC2S(=O)(=O)CC)o1. The highest BCUT2D eigenvalue weighted by molar-refractivity contribution is 8.01. The lowest BCUT2D eigenvalue weighted by Crippen LogP contribution is -2.48. The van der Waals surface area contributed by atoms with Gasteiger partial charge in [0.1, 0.15) is 5.37 Å². The number of thioether (sulfide) groups is 1. The minimum absolute atomic E-state index is 0.0448. The Morgan fingerprint density at radius 3 is 2.90 bits per heavy atom. The maximum absolute atomic E-state index is 12.2. The quantitative estimate of drug-likeness (QED) is 0.826. The van der Waals surface area contributed by atoms with Crippen molar-refractivity contribution < 1.29 is 12.8 Å². The van der Waals surface area contributed by atoms with Crippen LogP contribution in [-0.4, -0.2) is 54.3 Å². The maximum atomic E-state index is 12.2. The highest BCUT2D eigenvalue weighted by Gasteiger charge is 2.35. The summed E-state index contributed by atoms with van der Waals surface area (Å²) >= 11 is 1.64. The molecule has 21 heavy (non-hydrogen) atoms. The van der Waals surface area contributed by atoms with Crippen LogP contribution < -0.4 is 10.2 Å². The zero-order chi connectivity index (χ0) is 15.5. The molecule has 2 atom stereocenters. The van der Waals surface area contributed by atoms with E-state index in [4.69, 9.17) is 4.42 Å². The molecule has 1 aromatic heterocycles. The fraction of sp³-hybridized carbons (Fsp3) is 0.833. The third-order valence-corrected chi connectivity index (χ3v) is 6.75. The van der Waals surface area contributed by atoms with Gasteiger partial charge in [-0.2, -0.15) is 11.8 Å². The predicted molar refractivity (Wildman–Crippen MR) is 84.3 cm³/mol. The molecule has 0 aromatic carbocycles. The molecular formula is C12H22N4O3S2. The molecule has 9 heteroatoms. The van der Waals surface area contributed by atoms with Crippen molar-refractivity contribution in [1.82, 2.24) is 15.5 Å². The van der Waals surface area contributed by atoms with Gasteiger partial charge in [0.25, 0.3) is 0 Å². The van der Waals surface area contributed by atoms with E-state index in [1.54, 1.807) is 23.6 Å². The molecule has 0 radical (unpaired) electrons. The number of rotatable bonds is 6. The largest absolute Gasteiger partial charge is 0.406 e. The lowest BCUT2D eigenvalue weighted by molar-refractivity contribution is 0.417. The summed E-state index contributed by atoms with van der Waals surface area (Å²) in [4.78, 5) is 1.73. The number of nitrogens with zero attached hydrogens (tertiary/aromatic N) is 3. The smallest absolute Gasteiger partial charge is 0.319 e. The Labute approximate surface area is 129 Å². The van der Waals surface area contributed by atoms with Gasteiger partial charge >= 0.3 is 6.01 Å². The molecule has 0 saturated carbocycles.